The van der Waals surface area contributed by atoms with E-state index in [1.807, 2.05) is 20.8 Å². The van der Waals surface area contributed by atoms with E-state index < -0.39 is 11.7 Å². The molecule has 0 saturated carbocycles. The summed E-state index contributed by atoms with van der Waals surface area (Å²) < 4.78 is 38.1. The molecule has 2 aromatic rings. The number of benzene rings is 1. The van der Waals surface area contributed by atoms with Gasteiger partial charge < -0.3 is 10.3 Å². The number of hydrogen-bond acceptors (Lipinski definition) is 2. The number of H-pyrrole nitrogens is 1. The number of aromatic nitrogens is 2. The van der Waals surface area contributed by atoms with Crippen LogP contribution in [0.25, 0.3) is 11.4 Å². The number of nitrogens with one attached hydrogen (secondary N) is 2. The summed E-state index contributed by atoms with van der Waals surface area (Å²) in [7, 11) is 0. The Morgan fingerprint density at radius 2 is 1.90 bits per heavy atom. The molecule has 1 aromatic heterocycles. The first kappa shape index (κ1) is 15.6. The molecule has 0 fully saturated rings. The average Bonchev–Trinajstić information content (AvgIpc) is 2.83. The minimum Gasteiger partial charge on any atom is -0.341 e. The number of aromatic amines is 1. The molecule has 114 valence electrons. The molecule has 1 aromatic carbocycles. The van der Waals surface area contributed by atoms with Crippen LogP contribution in [0.15, 0.2) is 30.5 Å². The van der Waals surface area contributed by atoms with E-state index in [0.717, 1.165) is 17.8 Å². The van der Waals surface area contributed by atoms with Gasteiger partial charge in [-0.3, -0.25) is 0 Å². The highest BCUT2D eigenvalue weighted by atomic mass is 19.4. The highest BCUT2D eigenvalue weighted by Crippen LogP contribution is 2.31. The Morgan fingerprint density at radius 1 is 1.19 bits per heavy atom. The van der Waals surface area contributed by atoms with Crippen LogP contribution in [0, 0.1) is 0 Å². The van der Waals surface area contributed by atoms with Gasteiger partial charge in [0.15, 0.2) is 0 Å². The van der Waals surface area contributed by atoms with Gasteiger partial charge in [-0.05, 0) is 32.9 Å². The summed E-state index contributed by atoms with van der Waals surface area (Å²) in [4.78, 5) is 7.19. The van der Waals surface area contributed by atoms with Crippen molar-refractivity contribution in [3.05, 3.63) is 41.7 Å². The zero-order valence-corrected chi connectivity index (χ0v) is 12.2. The minimum atomic E-state index is -4.35. The van der Waals surface area contributed by atoms with Gasteiger partial charge in [0.25, 0.3) is 0 Å². The SMILES string of the molecule is CC(C)(C)NCc1cnc(-c2cccc(C(F)(F)F)c2)[nH]1. The number of hydrogen-bond donors (Lipinski definition) is 2. The minimum absolute atomic E-state index is 0.0402. The molecule has 0 saturated heterocycles. The van der Waals surface area contributed by atoms with Gasteiger partial charge in [-0.15, -0.1) is 0 Å². The number of nitrogens with zero attached hydrogens (tertiary/aromatic N) is 1. The van der Waals surface area contributed by atoms with E-state index >= 15 is 0 Å². The molecule has 2 N–H and O–H groups in total. The molecular weight excluding hydrogens is 279 g/mol. The van der Waals surface area contributed by atoms with E-state index in [9.17, 15) is 13.2 Å². The highest BCUT2D eigenvalue weighted by Gasteiger charge is 2.30. The molecule has 0 atom stereocenters. The van der Waals surface area contributed by atoms with E-state index in [1.165, 1.54) is 6.07 Å². The topological polar surface area (TPSA) is 40.7 Å². The van der Waals surface area contributed by atoms with Gasteiger partial charge in [-0.25, -0.2) is 4.98 Å². The average molecular weight is 297 g/mol. The molecule has 1 heterocycles. The molecular formula is C15H18F3N3. The predicted octanol–water partition coefficient (Wildman–Crippen LogP) is 3.98. The third-order valence-corrected chi connectivity index (χ3v) is 2.90. The van der Waals surface area contributed by atoms with Crippen LogP contribution in [-0.4, -0.2) is 15.5 Å². The van der Waals surface area contributed by atoms with Crippen LogP contribution in [0.1, 0.15) is 32.0 Å². The van der Waals surface area contributed by atoms with Crippen molar-refractivity contribution in [2.45, 2.75) is 39.0 Å². The van der Waals surface area contributed by atoms with Crippen LogP contribution >= 0.6 is 0 Å². The summed E-state index contributed by atoms with van der Waals surface area (Å²) in [5, 5.41) is 3.29. The van der Waals surface area contributed by atoms with Gasteiger partial charge in [-0.1, -0.05) is 12.1 Å². The first-order chi connectivity index (χ1) is 9.65. The summed E-state index contributed by atoms with van der Waals surface area (Å²) in [6, 6.07) is 5.14. The molecule has 0 bridgehead atoms. The van der Waals surface area contributed by atoms with Gasteiger partial charge in [0.05, 0.1) is 5.56 Å². The zero-order chi connectivity index (χ0) is 15.7. The van der Waals surface area contributed by atoms with Crippen molar-refractivity contribution in [2.24, 2.45) is 0 Å². The summed E-state index contributed by atoms with van der Waals surface area (Å²) in [5.74, 6) is 0.437. The third-order valence-electron chi connectivity index (χ3n) is 2.90. The maximum Gasteiger partial charge on any atom is 0.416 e. The summed E-state index contributed by atoms with van der Waals surface area (Å²) in [6.07, 6.45) is -2.71. The maximum absolute atomic E-state index is 12.7. The second-order valence-corrected chi connectivity index (χ2v) is 5.94. The van der Waals surface area contributed by atoms with E-state index in [1.54, 1.807) is 12.3 Å². The fraction of sp³-hybridized carbons (Fsp3) is 0.400. The molecule has 0 aliphatic heterocycles. The lowest BCUT2D eigenvalue weighted by Gasteiger charge is -2.19. The lowest BCUT2D eigenvalue weighted by molar-refractivity contribution is -0.137. The Balaban J connectivity index is 2.18. The van der Waals surface area contributed by atoms with Gasteiger partial charge in [0, 0.05) is 29.5 Å². The van der Waals surface area contributed by atoms with Crippen molar-refractivity contribution in [1.29, 1.82) is 0 Å². The Hall–Kier alpha value is -1.82. The van der Waals surface area contributed by atoms with Crippen molar-refractivity contribution in [1.82, 2.24) is 15.3 Å². The Bertz CT molecular complexity index is 609. The first-order valence-corrected chi connectivity index (χ1v) is 6.62. The smallest absolute Gasteiger partial charge is 0.341 e. The van der Waals surface area contributed by atoms with E-state index in [0.29, 0.717) is 17.9 Å². The molecule has 0 aliphatic rings. The second kappa shape index (κ2) is 5.52. The van der Waals surface area contributed by atoms with Crippen LogP contribution in [-0.2, 0) is 12.7 Å². The summed E-state index contributed by atoms with van der Waals surface area (Å²) >= 11 is 0. The molecule has 21 heavy (non-hydrogen) atoms. The highest BCUT2D eigenvalue weighted by molar-refractivity contribution is 5.56. The molecule has 0 unspecified atom stereocenters. The number of halogens is 3. The molecule has 0 spiro atoms. The largest absolute Gasteiger partial charge is 0.416 e. The maximum atomic E-state index is 12.7. The van der Waals surface area contributed by atoms with Gasteiger partial charge in [-0.2, -0.15) is 13.2 Å². The zero-order valence-electron chi connectivity index (χ0n) is 12.2. The van der Waals surface area contributed by atoms with E-state index in [2.05, 4.69) is 15.3 Å². The quantitative estimate of drug-likeness (QED) is 0.899. The van der Waals surface area contributed by atoms with Gasteiger partial charge in [0.1, 0.15) is 5.82 Å². The van der Waals surface area contributed by atoms with Gasteiger partial charge in [0.2, 0.25) is 0 Å². The number of rotatable bonds is 3. The normalized spacial score (nSPS) is 12.7. The van der Waals surface area contributed by atoms with E-state index in [-0.39, 0.29) is 5.54 Å². The Morgan fingerprint density at radius 3 is 2.52 bits per heavy atom. The molecule has 0 aliphatic carbocycles. The lowest BCUT2D eigenvalue weighted by Crippen LogP contribution is -2.35. The summed E-state index contributed by atoms with van der Waals surface area (Å²) in [6.45, 7) is 6.70. The first-order valence-electron chi connectivity index (χ1n) is 6.62. The Labute approximate surface area is 121 Å². The fourth-order valence-electron chi connectivity index (χ4n) is 1.80. The molecule has 0 radical (unpaired) electrons. The van der Waals surface area contributed by atoms with Crippen LogP contribution in [0.4, 0.5) is 13.2 Å². The molecule has 3 nitrogen and oxygen atoms in total. The molecule has 2 rings (SSSR count). The standard InChI is InChI=1S/C15H18F3N3/c1-14(2,3)20-9-12-8-19-13(21-12)10-5-4-6-11(7-10)15(16,17)18/h4-8,20H,9H2,1-3H3,(H,19,21). The van der Waals surface area contributed by atoms with Crippen molar-refractivity contribution in [3.63, 3.8) is 0 Å². The second-order valence-electron chi connectivity index (χ2n) is 5.94. The number of alkyl halides is 3. The van der Waals surface area contributed by atoms with Gasteiger partial charge >= 0.3 is 6.18 Å². The van der Waals surface area contributed by atoms with Crippen molar-refractivity contribution < 1.29 is 13.2 Å². The van der Waals surface area contributed by atoms with Crippen LogP contribution in [0.5, 0.6) is 0 Å². The van der Waals surface area contributed by atoms with E-state index in [4.69, 9.17) is 0 Å². The molecule has 6 heteroatoms. The molecule has 0 amide bonds. The summed E-state index contributed by atoms with van der Waals surface area (Å²) in [5.41, 5.74) is 0.538. The third kappa shape index (κ3) is 4.32. The van der Waals surface area contributed by atoms with Crippen molar-refractivity contribution in [3.8, 4) is 11.4 Å². The fourth-order valence-corrected chi connectivity index (χ4v) is 1.80. The lowest BCUT2D eigenvalue weighted by atomic mass is 10.1. The van der Waals surface area contributed by atoms with Crippen LogP contribution in [0.2, 0.25) is 0 Å². The van der Waals surface area contributed by atoms with Crippen molar-refractivity contribution in [2.75, 3.05) is 0 Å². The monoisotopic (exact) mass is 297 g/mol. The van der Waals surface area contributed by atoms with Crippen LogP contribution < -0.4 is 5.32 Å². The van der Waals surface area contributed by atoms with Crippen molar-refractivity contribution >= 4 is 0 Å². The predicted molar refractivity (Wildman–Crippen MR) is 75.6 cm³/mol. The van der Waals surface area contributed by atoms with Crippen LogP contribution in [0.3, 0.4) is 0 Å². The Kier molecular flexibility index (Phi) is 4.09. The number of imidazole rings is 1.